The van der Waals surface area contributed by atoms with Gasteiger partial charge in [0.15, 0.2) is 11.5 Å². The second kappa shape index (κ2) is 6.26. The summed E-state index contributed by atoms with van der Waals surface area (Å²) in [7, 11) is 0. The molecule has 162 valence electrons. The molecule has 2 aromatic rings. The van der Waals surface area contributed by atoms with Crippen LogP contribution in [0.3, 0.4) is 0 Å². The Bertz CT molecular complexity index is 1050. The van der Waals surface area contributed by atoms with Crippen molar-refractivity contribution in [2.45, 2.75) is 87.7 Å². The molecule has 7 rings (SSSR count). The number of rotatable bonds is 4. The van der Waals surface area contributed by atoms with Crippen LogP contribution in [0.4, 0.5) is 0 Å². The van der Waals surface area contributed by atoms with Crippen molar-refractivity contribution < 1.29 is 14.6 Å². The molecule has 2 heterocycles. The van der Waals surface area contributed by atoms with E-state index in [1.165, 1.54) is 29.5 Å². The summed E-state index contributed by atoms with van der Waals surface area (Å²) in [5, 5.41) is 12.4. The average Bonchev–Trinajstić information content (AvgIpc) is 3.54. The molecule has 3 aliphatic carbocycles. The zero-order valence-corrected chi connectivity index (χ0v) is 18.3. The molecule has 4 nitrogen and oxygen atoms in total. The summed E-state index contributed by atoms with van der Waals surface area (Å²) >= 11 is 0. The number of piperidine rings is 1. The average molecular weight is 418 g/mol. The summed E-state index contributed by atoms with van der Waals surface area (Å²) in [6.07, 6.45) is 7.58. The fourth-order valence-electron chi connectivity index (χ4n) is 7.51. The van der Waals surface area contributed by atoms with Crippen LogP contribution in [0.5, 0.6) is 11.5 Å². The van der Waals surface area contributed by atoms with E-state index in [0.717, 1.165) is 55.7 Å². The van der Waals surface area contributed by atoms with Gasteiger partial charge in [-0.3, -0.25) is 4.90 Å². The zero-order valence-electron chi connectivity index (χ0n) is 18.3. The predicted molar refractivity (Wildman–Crippen MR) is 119 cm³/mol. The number of likely N-dealkylation sites (tertiary alicyclic amines) is 1. The maximum atomic E-state index is 12.4. The first-order chi connectivity index (χ1) is 15.1. The molecule has 5 aliphatic rings. The second-order valence-electron chi connectivity index (χ2n) is 10.5. The molecule has 0 amide bonds. The van der Waals surface area contributed by atoms with Gasteiger partial charge in [0, 0.05) is 17.6 Å². The number of ether oxygens (including phenoxy) is 2. The van der Waals surface area contributed by atoms with Crippen LogP contribution < -0.4 is 9.47 Å². The van der Waals surface area contributed by atoms with Crippen molar-refractivity contribution in [3.63, 3.8) is 0 Å². The van der Waals surface area contributed by atoms with E-state index in [1.54, 1.807) is 0 Å². The molecule has 1 saturated heterocycles. The minimum Gasteiger partial charge on any atom is -0.485 e. The van der Waals surface area contributed by atoms with Crippen LogP contribution in [0.1, 0.15) is 60.8 Å². The number of aryl methyl sites for hydroxylation is 1. The first-order valence-corrected chi connectivity index (χ1v) is 12.1. The third-order valence-electron chi connectivity index (χ3n) is 9.00. The molecule has 4 atom stereocenters. The van der Waals surface area contributed by atoms with Gasteiger partial charge in [0.2, 0.25) is 0 Å². The smallest absolute Gasteiger partial charge is 0.165 e. The normalized spacial score (nSPS) is 35.4. The van der Waals surface area contributed by atoms with Gasteiger partial charge in [-0.2, -0.15) is 0 Å². The molecule has 4 heteroatoms. The Kier molecular flexibility index (Phi) is 3.74. The van der Waals surface area contributed by atoms with Gasteiger partial charge in [-0.15, -0.1) is 0 Å². The maximum absolute atomic E-state index is 12.4. The second-order valence-corrected chi connectivity index (χ2v) is 10.5. The summed E-state index contributed by atoms with van der Waals surface area (Å²) < 4.78 is 13.1. The molecule has 3 fully saturated rings. The number of hydrogen-bond acceptors (Lipinski definition) is 4. The molecule has 31 heavy (non-hydrogen) atoms. The van der Waals surface area contributed by atoms with E-state index >= 15 is 0 Å². The number of aliphatic hydroxyl groups is 1. The SMILES string of the molecule is Cc1cc(OCc2ccccc2)c2c3c1C[C@H]1N(C4CC4)CC[C@@]34[C@H](CCC[C@@]14O)O2. The molecule has 1 spiro atoms. The van der Waals surface area contributed by atoms with Crippen molar-refractivity contribution in [1.29, 1.82) is 0 Å². The summed E-state index contributed by atoms with van der Waals surface area (Å²) in [5.41, 5.74) is 4.23. The predicted octanol–water partition coefficient (Wildman–Crippen LogP) is 4.28. The van der Waals surface area contributed by atoms with Gasteiger partial charge in [-0.1, -0.05) is 30.3 Å². The van der Waals surface area contributed by atoms with Crippen molar-refractivity contribution in [1.82, 2.24) is 4.90 Å². The maximum Gasteiger partial charge on any atom is 0.165 e. The number of nitrogens with zero attached hydrogens (tertiary/aromatic N) is 1. The lowest BCUT2D eigenvalue weighted by Gasteiger charge is -2.63. The zero-order chi connectivity index (χ0) is 20.8. The first kappa shape index (κ1) is 18.5. The molecule has 2 aromatic carbocycles. The Balaban J connectivity index is 1.36. The first-order valence-electron chi connectivity index (χ1n) is 12.1. The lowest BCUT2D eigenvalue weighted by Crippen LogP contribution is -2.75. The molecular formula is C27H31NO3. The molecule has 1 N–H and O–H groups in total. The monoisotopic (exact) mass is 417 g/mol. The van der Waals surface area contributed by atoms with Crippen LogP contribution in [-0.2, 0) is 18.4 Å². The van der Waals surface area contributed by atoms with E-state index in [0.29, 0.717) is 12.6 Å². The third kappa shape index (κ3) is 2.33. The highest BCUT2D eigenvalue weighted by Crippen LogP contribution is 2.66. The van der Waals surface area contributed by atoms with Gasteiger partial charge < -0.3 is 14.6 Å². The highest BCUT2D eigenvalue weighted by Gasteiger charge is 2.71. The van der Waals surface area contributed by atoms with E-state index in [9.17, 15) is 5.11 Å². The van der Waals surface area contributed by atoms with Crippen LogP contribution in [0.2, 0.25) is 0 Å². The Morgan fingerprint density at radius 2 is 2.00 bits per heavy atom. The quantitative estimate of drug-likeness (QED) is 0.806. The summed E-state index contributed by atoms with van der Waals surface area (Å²) in [6, 6.07) is 13.4. The van der Waals surface area contributed by atoms with Crippen molar-refractivity contribution in [2.75, 3.05) is 6.54 Å². The van der Waals surface area contributed by atoms with Crippen LogP contribution >= 0.6 is 0 Å². The Morgan fingerprint density at radius 1 is 1.16 bits per heavy atom. The Hall–Kier alpha value is -2.04. The summed E-state index contributed by atoms with van der Waals surface area (Å²) in [6.45, 7) is 3.85. The number of hydrogen-bond donors (Lipinski definition) is 1. The lowest BCUT2D eigenvalue weighted by molar-refractivity contribution is -0.186. The fraction of sp³-hybridized carbons (Fsp3) is 0.556. The van der Waals surface area contributed by atoms with E-state index in [1.807, 2.05) is 18.2 Å². The van der Waals surface area contributed by atoms with Gasteiger partial charge in [0.05, 0.1) is 11.0 Å². The van der Waals surface area contributed by atoms with Gasteiger partial charge in [0.1, 0.15) is 12.7 Å². The third-order valence-corrected chi connectivity index (χ3v) is 9.00. The minimum absolute atomic E-state index is 0.0741. The van der Waals surface area contributed by atoms with Gasteiger partial charge >= 0.3 is 0 Å². The number of benzene rings is 2. The molecule has 2 bridgehead atoms. The Labute approximate surface area is 184 Å². The van der Waals surface area contributed by atoms with Gasteiger partial charge in [-0.05, 0) is 81.2 Å². The van der Waals surface area contributed by atoms with Crippen molar-refractivity contribution in [2.24, 2.45) is 0 Å². The van der Waals surface area contributed by atoms with Crippen LogP contribution in [-0.4, -0.2) is 40.3 Å². The Morgan fingerprint density at radius 3 is 2.81 bits per heavy atom. The lowest BCUT2D eigenvalue weighted by atomic mass is 9.49. The largest absolute Gasteiger partial charge is 0.485 e. The van der Waals surface area contributed by atoms with Crippen LogP contribution in [0.15, 0.2) is 36.4 Å². The summed E-state index contributed by atoms with van der Waals surface area (Å²) in [5.74, 6) is 1.79. The van der Waals surface area contributed by atoms with E-state index in [-0.39, 0.29) is 17.6 Å². The van der Waals surface area contributed by atoms with Gasteiger partial charge in [-0.25, -0.2) is 0 Å². The van der Waals surface area contributed by atoms with Crippen molar-refractivity contribution >= 4 is 0 Å². The molecule has 0 radical (unpaired) electrons. The molecule has 0 aromatic heterocycles. The summed E-state index contributed by atoms with van der Waals surface area (Å²) in [4.78, 5) is 2.66. The van der Waals surface area contributed by atoms with E-state index < -0.39 is 5.60 Å². The molecular weight excluding hydrogens is 386 g/mol. The molecule has 2 aliphatic heterocycles. The highest BCUT2D eigenvalue weighted by molar-refractivity contribution is 5.65. The molecule has 0 unspecified atom stereocenters. The van der Waals surface area contributed by atoms with Crippen LogP contribution in [0.25, 0.3) is 0 Å². The van der Waals surface area contributed by atoms with Crippen molar-refractivity contribution in [3.8, 4) is 11.5 Å². The fourth-order valence-corrected chi connectivity index (χ4v) is 7.51. The molecule has 2 saturated carbocycles. The van der Waals surface area contributed by atoms with E-state index in [2.05, 4.69) is 30.0 Å². The van der Waals surface area contributed by atoms with Gasteiger partial charge in [0.25, 0.3) is 0 Å². The topological polar surface area (TPSA) is 41.9 Å². The highest BCUT2D eigenvalue weighted by atomic mass is 16.5. The van der Waals surface area contributed by atoms with Crippen LogP contribution in [0, 0.1) is 6.92 Å². The minimum atomic E-state index is -0.681. The standard InChI is InChI=1S/C27H31NO3/c1-17-14-21(30-16-18-6-3-2-4-7-18)25-24-20(17)15-22-27(29)11-5-8-23(31-25)26(24,27)12-13-28(22)19-9-10-19/h2-4,6-7,14,19,22-23,29H,5,8-13,15-16H2,1H3/t22-,23+,26-,27-/m1/s1. The van der Waals surface area contributed by atoms with Crippen molar-refractivity contribution in [3.05, 3.63) is 58.7 Å². The van der Waals surface area contributed by atoms with E-state index in [4.69, 9.17) is 9.47 Å².